The van der Waals surface area contributed by atoms with Crippen LogP contribution >= 0.6 is 15.9 Å². The van der Waals surface area contributed by atoms with Crippen molar-refractivity contribution in [1.29, 1.82) is 0 Å². The third-order valence-corrected chi connectivity index (χ3v) is 3.03. The van der Waals surface area contributed by atoms with Crippen LogP contribution in [0.3, 0.4) is 0 Å². The molecule has 1 heterocycles. The molecule has 1 aliphatic rings. The molecule has 0 N–H and O–H groups in total. The number of benzene rings is 1. The van der Waals surface area contributed by atoms with Gasteiger partial charge in [-0.1, -0.05) is 28.1 Å². The number of hydrogen-bond acceptors (Lipinski definition) is 3. The second kappa shape index (κ2) is 5.48. The van der Waals surface area contributed by atoms with Gasteiger partial charge in [0.05, 0.1) is 20.3 Å². The van der Waals surface area contributed by atoms with E-state index < -0.39 is 0 Å². The molecule has 0 radical (unpaired) electrons. The summed E-state index contributed by atoms with van der Waals surface area (Å²) in [5.74, 6) is 0.834. The van der Waals surface area contributed by atoms with Crippen molar-refractivity contribution < 1.29 is 14.2 Å². The van der Waals surface area contributed by atoms with Crippen molar-refractivity contribution in [2.75, 3.05) is 20.3 Å². The van der Waals surface area contributed by atoms with Gasteiger partial charge in [0.15, 0.2) is 6.29 Å². The average molecular weight is 285 g/mol. The first-order chi connectivity index (χ1) is 7.83. The number of halogens is 1. The molecule has 16 heavy (non-hydrogen) atoms. The second-order valence-corrected chi connectivity index (χ2v) is 3.95. The molecule has 4 heteroatoms. The first kappa shape index (κ1) is 11.6. The molecular formula is C12H13BrO3. The van der Waals surface area contributed by atoms with Gasteiger partial charge in [0.2, 0.25) is 0 Å². The van der Waals surface area contributed by atoms with E-state index in [4.69, 9.17) is 14.2 Å². The minimum atomic E-state index is -0.276. The van der Waals surface area contributed by atoms with E-state index in [1.54, 1.807) is 7.11 Å². The third kappa shape index (κ3) is 2.64. The number of hydrogen-bond donors (Lipinski definition) is 0. The van der Waals surface area contributed by atoms with Crippen LogP contribution < -0.4 is 4.74 Å². The molecular weight excluding hydrogens is 272 g/mol. The van der Waals surface area contributed by atoms with Crippen molar-refractivity contribution in [2.24, 2.45) is 0 Å². The van der Waals surface area contributed by atoms with Gasteiger partial charge in [0, 0.05) is 5.56 Å². The summed E-state index contributed by atoms with van der Waals surface area (Å²) in [6.07, 6.45) is -0.276. The minimum Gasteiger partial charge on any atom is -0.497 e. The standard InChI is InChI=1S/C12H13BrO3/c1-14-11-4-2-10(3-5-11)12-15-7-9(6-13)8-16-12/h2-6,12H,7-8H2,1H3. The molecule has 1 aliphatic heterocycles. The molecule has 0 saturated carbocycles. The lowest BCUT2D eigenvalue weighted by Gasteiger charge is -2.25. The van der Waals surface area contributed by atoms with Gasteiger partial charge in [0.25, 0.3) is 0 Å². The topological polar surface area (TPSA) is 27.7 Å². The molecule has 1 saturated heterocycles. The number of ether oxygens (including phenoxy) is 3. The maximum Gasteiger partial charge on any atom is 0.184 e. The molecule has 0 atom stereocenters. The van der Waals surface area contributed by atoms with E-state index in [2.05, 4.69) is 15.9 Å². The van der Waals surface area contributed by atoms with Gasteiger partial charge in [-0.15, -0.1) is 0 Å². The predicted molar refractivity (Wildman–Crippen MR) is 64.6 cm³/mol. The molecule has 0 spiro atoms. The summed E-state index contributed by atoms with van der Waals surface area (Å²) in [7, 11) is 1.65. The molecule has 0 bridgehead atoms. The van der Waals surface area contributed by atoms with E-state index in [0.29, 0.717) is 13.2 Å². The van der Waals surface area contributed by atoms with Crippen LogP contribution in [-0.4, -0.2) is 20.3 Å². The summed E-state index contributed by atoms with van der Waals surface area (Å²) in [5, 5.41) is 0. The zero-order chi connectivity index (χ0) is 11.4. The highest BCUT2D eigenvalue weighted by atomic mass is 79.9. The average Bonchev–Trinajstić information content (AvgIpc) is 2.39. The van der Waals surface area contributed by atoms with Crippen LogP contribution in [0.2, 0.25) is 0 Å². The molecule has 0 amide bonds. The van der Waals surface area contributed by atoms with Crippen LogP contribution in [0.25, 0.3) is 0 Å². The monoisotopic (exact) mass is 284 g/mol. The van der Waals surface area contributed by atoms with E-state index in [1.165, 1.54) is 0 Å². The van der Waals surface area contributed by atoms with Gasteiger partial charge < -0.3 is 14.2 Å². The second-order valence-electron chi connectivity index (χ2n) is 3.49. The summed E-state index contributed by atoms with van der Waals surface area (Å²) < 4.78 is 16.3. The van der Waals surface area contributed by atoms with E-state index in [1.807, 2.05) is 29.3 Å². The van der Waals surface area contributed by atoms with E-state index in [0.717, 1.165) is 16.9 Å². The Kier molecular flexibility index (Phi) is 3.98. The van der Waals surface area contributed by atoms with Crippen LogP contribution in [0, 0.1) is 0 Å². The maximum absolute atomic E-state index is 5.58. The van der Waals surface area contributed by atoms with Crippen LogP contribution in [0.4, 0.5) is 0 Å². The fraction of sp³-hybridized carbons (Fsp3) is 0.333. The maximum atomic E-state index is 5.58. The summed E-state index contributed by atoms with van der Waals surface area (Å²) in [4.78, 5) is 1.84. The number of methoxy groups -OCH3 is 1. The highest BCUT2D eigenvalue weighted by molar-refractivity contribution is 9.11. The normalized spacial score (nSPS) is 20.6. The molecule has 0 unspecified atom stereocenters. The Morgan fingerprint density at radius 1 is 1.25 bits per heavy atom. The largest absolute Gasteiger partial charge is 0.497 e. The molecule has 3 nitrogen and oxygen atoms in total. The Morgan fingerprint density at radius 3 is 2.38 bits per heavy atom. The van der Waals surface area contributed by atoms with Crippen molar-refractivity contribution >= 4 is 15.9 Å². The highest BCUT2D eigenvalue weighted by Crippen LogP contribution is 2.26. The van der Waals surface area contributed by atoms with Gasteiger partial charge in [-0.05, 0) is 22.7 Å². The van der Waals surface area contributed by atoms with Crippen molar-refractivity contribution in [3.8, 4) is 5.75 Å². The number of rotatable bonds is 2. The first-order valence-corrected chi connectivity index (χ1v) is 5.90. The van der Waals surface area contributed by atoms with Gasteiger partial charge in [-0.3, -0.25) is 0 Å². The predicted octanol–water partition coefficient (Wildman–Crippen LogP) is 3.02. The summed E-state index contributed by atoms with van der Waals surface area (Å²) in [5.41, 5.74) is 2.11. The Balaban J connectivity index is 2.02. The Hall–Kier alpha value is -0.840. The van der Waals surface area contributed by atoms with Crippen LogP contribution in [0.15, 0.2) is 34.8 Å². The third-order valence-electron chi connectivity index (χ3n) is 2.38. The molecule has 1 aromatic rings. The van der Waals surface area contributed by atoms with E-state index in [9.17, 15) is 0 Å². The lowest BCUT2D eigenvalue weighted by Crippen LogP contribution is -2.20. The summed E-state index contributed by atoms with van der Waals surface area (Å²) in [6.45, 7) is 1.20. The molecule has 0 aromatic heterocycles. The van der Waals surface area contributed by atoms with Gasteiger partial charge in [0.1, 0.15) is 5.75 Å². The zero-order valence-corrected chi connectivity index (χ0v) is 10.6. The molecule has 0 aliphatic carbocycles. The van der Waals surface area contributed by atoms with Gasteiger partial charge in [-0.25, -0.2) is 0 Å². The van der Waals surface area contributed by atoms with E-state index >= 15 is 0 Å². The lowest BCUT2D eigenvalue weighted by atomic mass is 10.2. The van der Waals surface area contributed by atoms with Crippen molar-refractivity contribution in [3.63, 3.8) is 0 Å². The molecule has 1 aromatic carbocycles. The molecule has 86 valence electrons. The summed E-state index contributed by atoms with van der Waals surface area (Å²) >= 11 is 3.27. The lowest BCUT2D eigenvalue weighted by molar-refractivity contribution is -0.160. The van der Waals surface area contributed by atoms with Crippen LogP contribution in [-0.2, 0) is 9.47 Å². The molecule has 2 rings (SSSR count). The minimum absolute atomic E-state index is 0.276. The Morgan fingerprint density at radius 2 is 1.88 bits per heavy atom. The Bertz CT molecular complexity index is 362. The van der Waals surface area contributed by atoms with Gasteiger partial charge in [-0.2, -0.15) is 0 Å². The quantitative estimate of drug-likeness (QED) is 0.836. The van der Waals surface area contributed by atoms with E-state index in [-0.39, 0.29) is 6.29 Å². The highest BCUT2D eigenvalue weighted by Gasteiger charge is 2.18. The first-order valence-electron chi connectivity index (χ1n) is 4.99. The van der Waals surface area contributed by atoms with Crippen LogP contribution in [0.1, 0.15) is 11.9 Å². The van der Waals surface area contributed by atoms with Crippen LogP contribution in [0.5, 0.6) is 5.75 Å². The van der Waals surface area contributed by atoms with Crippen molar-refractivity contribution in [1.82, 2.24) is 0 Å². The smallest absolute Gasteiger partial charge is 0.184 e. The zero-order valence-electron chi connectivity index (χ0n) is 8.98. The Labute approximate surface area is 103 Å². The fourth-order valence-electron chi connectivity index (χ4n) is 1.47. The van der Waals surface area contributed by atoms with Gasteiger partial charge >= 0.3 is 0 Å². The fourth-order valence-corrected chi connectivity index (χ4v) is 1.74. The summed E-state index contributed by atoms with van der Waals surface area (Å²) in [6, 6.07) is 7.70. The molecule has 1 fully saturated rings. The SMILES string of the molecule is COc1ccc(C2OCC(=CBr)CO2)cc1. The van der Waals surface area contributed by atoms with Crippen molar-refractivity contribution in [3.05, 3.63) is 40.4 Å². The van der Waals surface area contributed by atoms with Crippen molar-refractivity contribution in [2.45, 2.75) is 6.29 Å².